The second-order valence-electron chi connectivity index (χ2n) is 6.35. The molecule has 1 fully saturated rings. The molecule has 1 N–H and O–H groups in total. The number of rotatable bonds is 4. The molecule has 2 heterocycles. The number of aliphatic hydroxyl groups excluding tert-OH is 1. The van der Waals surface area contributed by atoms with E-state index < -0.39 is 0 Å². The van der Waals surface area contributed by atoms with Crippen LogP contribution in [-0.2, 0) is 6.54 Å². The molecular formula is C19H24N2O. The molecule has 1 aliphatic heterocycles. The molecule has 3 rings (SSSR count). The van der Waals surface area contributed by atoms with Crippen LogP contribution in [0.15, 0.2) is 48.8 Å². The Morgan fingerprint density at radius 2 is 2.05 bits per heavy atom. The highest BCUT2D eigenvalue weighted by molar-refractivity contribution is 5.62. The van der Waals surface area contributed by atoms with Crippen LogP contribution in [0.1, 0.15) is 25.3 Å². The smallest absolute Gasteiger partial charge is 0.0471 e. The minimum atomic E-state index is 0.305. The minimum absolute atomic E-state index is 0.305. The fourth-order valence-corrected chi connectivity index (χ4v) is 3.25. The molecule has 2 unspecified atom stereocenters. The van der Waals surface area contributed by atoms with Gasteiger partial charge in [-0.2, -0.15) is 0 Å². The molecule has 0 bridgehead atoms. The summed E-state index contributed by atoms with van der Waals surface area (Å²) >= 11 is 0. The number of nitrogens with zero attached hydrogens (tertiary/aromatic N) is 2. The Kier molecular flexibility index (Phi) is 4.86. The third kappa shape index (κ3) is 3.54. The predicted octanol–water partition coefficient (Wildman–Crippen LogP) is 3.34. The molecule has 0 spiro atoms. The van der Waals surface area contributed by atoms with Gasteiger partial charge in [-0.3, -0.25) is 9.88 Å². The first kappa shape index (κ1) is 15.2. The van der Waals surface area contributed by atoms with Crippen molar-refractivity contribution in [3.05, 3.63) is 54.4 Å². The zero-order valence-electron chi connectivity index (χ0n) is 13.2. The number of aromatic nitrogens is 1. The van der Waals surface area contributed by atoms with Gasteiger partial charge in [-0.05, 0) is 54.5 Å². The highest BCUT2D eigenvalue weighted by Gasteiger charge is 2.24. The Hall–Kier alpha value is -1.71. The average molecular weight is 296 g/mol. The topological polar surface area (TPSA) is 36.4 Å². The van der Waals surface area contributed by atoms with Gasteiger partial charge in [0.2, 0.25) is 0 Å². The van der Waals surface area contributed by atoms with Crippen LogP contribution >= 0.6 is 0 Å². The SMILES string of the molecule is CC1CCC(CO)CN1Cc1cccc(-c2cccnc2)c1. The molecular weight excluding hydrogens is 272 g/mol. The second-order valence-corrected chi connectivity index (χ2v) is 6.35. The van der Waals surface area contributed by atoms with E-state index in [2.05, 4.69) is 47.1 Å². The van der Waals surface area contributed by atoms with Gasteiger partial charge in [0, 0.05) is 38.1 Å². The predicted molar refractivity (Wildman–Crippen MR) is 89.4 cm³/mol. The van der Waals surface area contributed by atoms with Crippen LogP contribution in [0.25, 0.3) is 11.1 Å². The number of benzene rings is 1. The second kappa shape index (κ2) is 7.03. The van der Waals surface area contributed by atoms with Crippen molar-refractivity contribution in [2.24, 2.45) is 5.92 Å². The first-order valence-electron chi connectivity index (χ1n) is 8.10. The van der Waals surface area contributed by atoms with Gasteiger partial charge in [-0.25, -0.2) is 0 Å². The van der Waals surface area contributed by atoms with Crippen molar-refractivity contribution in [1.82, 2.24) is 9.88 Å². The van der Waals surface area contributed by atoms with Crippen LogP contribution in [0.2, 0.25) is 0 Å². The maximum Gasteiger partial charge on any atom is 0.0471 e. The molecule has 0 radical (unpaired) electrons. The number of hydrogen-bond donors (Lipinski definition) is 1. The number of likely N-dealkylation sites (tertiary alicyclic amines) is 1. The molecule has 2 aromatic rings. The molecule has 0 aliphatic carbocycles. The molecule has 22 heavy (non-hydrogen) atoms. The average Bonchev–Trinajstić information content (AvgIpc) is 2.58. The number of pyridine rings is 1. The molecule has 1 aromatic heterocycles. The maximum atomic E-state index is 9.42. The highest BCUT2D eigenvalue weighted by Crippen LogP contribution is 2.25. The van der Waals surface area contributed by atoms with Crippen molar-refractivity contribution in [3.8, 4) is 11.1 Å². The molecule has 2 atom stereocenters. The van der Waals surface area contributed by atoms with Gasteiger partial charge >= 0.3 is 0 Å². The summed E-state index contributed by atoms with van der Waals surface area (Å²) in [5.74, 6) is 0.428. The van der Waals surface area contributed by atoms with Gasteiger partial charge in [0.25, 0.3) is 0 Å². The lowest BCUT2D eigenvalue weighted by atomic mass is 9.93. The van der Waals surface area contributed by atoms with Gasteiger partial charge in [-0.1, -0.05) is 24.3 Å². The molecule has 1 saturated heterocycles. The van der Waals surface area contributed by atoms with E-state index in [1.54, 1.807) is 6.20 Å². The van der Waals surface area contributed by atoms with Gasteiger partial charge < -0.3 is 5.11 Å². The summed E-state index contributed by atoms with van der Waals surface area (Å²) in [6.45, 7) is 4.54. The monoisotopic (exact) mass is 296 g/mol. The van der Waals surface area contributed by atoms with Crippen LogP contribution < -0.4 is 0 Å². The van der Waals surface area contributed by atoms with Crippen LogP contribution in [-0.4, -0.2) is 34.2 Å². The summed E-state index contributed by atoms with van der Waals surface area (Å²) in [5, 5.41) is 9.42. The normalized spacial score (nSPS) is 22.6. The van der Waals surface area contributed by atoms with E-state index in [1.807, 2.05) is 12.3 Å². The van der Waals surface area contributed by atoms with E-state index in [1.165, 1.54) is 17.5 Å². The van der Waals surface area contributed by atoms with Crippen molar-refractivity contribution in [3.63, 3.8) is 0 Å². The van der Waals surface area contributed by atoms with Gasteiger partial charge in [-0.15, -0.1) is 0 Å². The first-order chi connectivity index (χ1) is 10.8. The van der Waals surface area contributed by atoms with Crippen LogP contribution in [0.5, 0.6) is 0 Å². The van der Waals surface area contributed by atoms with E-state index >= 15 is 0 Å². The van der Waals surface area contributed by atoms with Crippen LogP contribution in [0.3, 0.4) is 0 Å². The van der Waals surface area contributed by atoms with Gasteiger partial charge in [0.1, 0.15) is 0 Å². The van der Waals surface area contributed by atoms with Crippen molar-refractivity contribution in [2.75, 3.05) is 13.2 Å². The lowest BCUT2D eigenvalue weighted by Gasteiger charge is -2.37. The third-order valence-electron chi connectivity index (χ3n) is 4.67. The lowest BCUT2D eigenvalue weighted by Crippen LogP contribution is -2.42. The van der Waals surface area contributed by atoms with E-state index in [0.29, 0.717) is 18.6 Å². The van der Waals surface area contributed by atoms with E-state index in [9.17, 15) is 5.11 Å². The summed E-state index contributed by atoms with van der Waals surface area (Å²) in [6, 6.07) is 13.4. The summed E-state index contributed by atoms with van der Waals surface area (Å²) in [4.78, 5) is 6.69. The summed E-state index contributed by atoms with van der Waals surface area (Å²) in [7, 11) is 0. The van der Waals surface area contributed by atoms with Crippen molar-refractivity contribution < 1.29 is 5.11 Å². The largest absolute Gasteiger partial charge is 0.396 e. The highest BCUT2D eigenvalue weighted by atomic mass is 16.3. The zero-order valence-corrected chi connectivity index (χ0v) is 13.2. The fraction of sp³-hybridized carbons (Fsp3) is 0.421. The van der Waals surface area contributed by atoms with Gasteiger partial charge in [0.05, 0.1) is 0 Å². The Morgan fingerprint density at radius 1 is 1.18 bits per heavy atom. The first-order valence-corrected chi connectivity index (χ1v) is 8.10. The fourth-order valence-electron chi connectivity index (χ4n) is 3.25. The quantitative estimate of drug-likeness (QED) is 0.940. The van der Waals surface area contributed by atoms with Crippen LogP contribution in [0.4, 0.5) is 0 Å². The Balaban J connectivity index is 1.75. The molecule has 0 amide bonds. The summed E-state index contributed by atoms with van der Waals surface area (Å²) < 4.78 is 0. The Morgan fingerprint density at radius 3 is 2.82 bits per heavy atom. The standard InChI is InChI=1S/C19H24N2O/c1-15-7-8-17(14-22)13-21(15)12-16-4-2-5-18(10-16)19-6-3-9-20-11-19/h2-6,9-11,15,17,22H,7-8,12-14H2,1H3. The number of piperidine rings is 1. The van der Waals surface area contributed by atoms with E-state index in [4.69, 9.17) is 0 Å². The van der Waals surface area contributed by atoms with Crippen LogP contribution in [0, 0.1) is 5.92 Å². The molecule has 3 heteroatoms. The molecule has 3 nitrogen and oxygen atoms in total. The van der Waals surface area contributed by atoms with Crippen molar-refractivity contribution in [2.45, 2.75) is 32.4 Å². The Labute approximate surface area is 132 Å². The molecule has 1 aromatic carbocycles. The number of hydrogen-bond acceptors (Lipinski definition) is 3. The molecule has 0 saturated carbocycles. The third-order valence-corrected chi connectivity index (χ3v) is 4.67. The summed E-state index contributed by atoms with van der Waals surface area (Å²) in [6.07, 6.45) is 6.03. The van der Waals surface area contributed by atoms with E-state index in [-0.39, 0.29) is 0 Å². The lowest BCUT2D eigenvalue weighted by molar-refractivity contribution is 0.0772. The molecule has 1 aliphatic rings. The number of aliphatic hydroxyl groups is 1. The van der Waals surface area contributed by atoms with E-state index in [0.717, 1.165) is 25.1 Å². The maximum absolute atomic E-state index is 9.42. The Bertz CT molecular complexity index is 599. The zero-order chi connectivity index (χ0) is 15.4. The molecule has 116 valence electrons. The minimum Gasteiger partial charge on any atom is -0.396 e. The van der Waals surface area contributed by atoms with Crippen molar-refractivity contribution >= 4 is 0 Å². The van der Waals surface area contributed by atoms with Gasteiger partial charge in [0.15, 0.2) is 0 Å². The summed E-state index contributed by atoms with van der Waals surface area (Å²) in [5.41, 5.74) is 3.70. The van der Waals surface area contributed by atoms with Crippen molar-refractivity contribution in [1.29, 1.82) is 0 Å².